The van der Waals surface area contributed by atoms with E-state index >= 15 is 0 Å². The molecule has 0 radical (unpaired) electrons. The average Bonchev–Trinajstić information content (AvgIpc) is 2.82. The molecule has 0 aliphatic carbocycles. The molecule has 2 rings (SSSR count). The van der Waals surface area contributed by atoms with Crippen LogP contribution in [0, 0.1) is 6.92 Å². The van der Waals surface area contributed by atoms with Gasteiger partial charge in [-0.1, -0.05) is 13.8 Å². The first-order chi connectivity index (χ1) is 8.06. The van der Waals surface area contributed by atoms with Gasteiger partial charge in [0.25, 0.3) is 0 Å². The summed E-state index contributed by atoms with van der Waals surface area (Å²) in [5, 5.41) is 7.66. The third kappa shape index (κ3) is 2.74. The van der Waals surface area contributed by atoms with Gasteiger partial charge in [-0.3, -0.25) is 4.68 Å². The number of aryl methyl sites for hydroxylation is 2. The van der Waals surface area contributed by atoms with E-state index < -0.39 is 0 Å². The highest BCUT2D eigenvalue weighted by atomic mass is 15.2. The SMILES string of the molecule is Cc1nn(C)cc1-c1cnc(CNC(C)C)[nH]1. The first-order valence-electron chi connectivity index (χ1n) is 5.84. The van der Waals surface area contributed by atoms with E-state index in [1.807, 2.05) is 31.0 Å². The van der Waals surface area contributed by atoms with Crippen LogP contribution in [-0.4, -0.2) is 25.8 Å². The zero-order chi connectivity index (χ0) is 12.4. The second kappa shape index (κ2) is 4.71. The Balaban J connectivity index is 2.15. The van der Waals surface area contributed by atoms with Gasteiger partial charge >= 0.3 is 0 Å². The van der Waals surface area contributed by atoms with Gasteiger partial charge in [0.15, 0.2) is 0 Å². The van der Waals surface area contributed by atoms with Crippen LogP contribution in [0.5, 0.6) is 0 Å². The van der Waals surface area contributed by atoms with Crippen LogP contribution < -0.4 is 5.32 Å². The van der Waals surface area contributed by atoms with Crippen LogP contribution in [0.3, 0.4) is 0 Å². The standard InChI is InChI=1S/C12H19N5/c1-8(2)13-6-12-14-5-11(15-12)10-7-17(4)16-9(10)3/h5,7-8,13H,6H2,1-4H3,(H,14,15). The van der Waals surface area contributed by atoms with Gasteiger partial charge in [-0.25, -0.2) is 4.98 Å². The molecule has 2 heterocycles. The fourth-order valence-corrected chi connectivity index (χ4v) is 1.75. The second-order valence-electron chi connectivity index (χ2n) is 4.58. The Morgan fingerprint density at radius 1 is 1.47 bits per heavy atom. The average molecular weight is 233 g/mol. The molecular formula is C12H19N5. The third-order valence-corrected chi connectivity index (χ3v) is 2.61. The van der Waals surface area contributed by atoms with Crippen molar-refractivity contribution in [2.75, 3.05) is 0 Å². The molecule has 0 amide bonds. The van der Waals surface area contributed by atoms with Gasteiger partial charge in [0.2, 0.25) is 0 Å². The number of aromatic nitrogens is 4. The Kier molecular flexibility index (Phi) is 3.28. The van der Waals surface area contributed by atoms with Crippen molar-refractivity contribution >= 4 is 0 Å². The number of hydrogen-bond acceptors (Lipinski definition) is 3. The highest BCUT2D eigenvalue weighted by molar-refractivity contribution is 5.60. The Labute approximate surface area is 101 Å². The summed E-state index contributed by atoms with van der Waals surface area (Å²) in [6.07, 6.45) is 3.86. The van der Waals surface area contributed by atoms with Crippen molar-refractivity contribution in [1.29, 1.82) is 0 Å². The molecule has 0 bridgehead atoms. The van der Waals surface area contributed by atoms with E-state index in [9.17, 15) is 0 Å². The largest absolute Gasteiger partial charge is 0.341 e. The molecule has 0 aliphatic heterocycles. The summed E-state index contributed by atoms with van der Waals surface area (Å²) >= 11 is 0. The zero-order valence-electron chi connectivity index (χ0n) is 10.8. The van der Waals surface area contributed by atoms with E-state index in [1.165, 1.54) is 0 Å². The summed E-state index contributed by atoms with van der Waals surface area (Å²) < 4.78 is 1.82. The lowest BCUT2D eigenvalue weighted by molar-refractivity contribution is 0.575. The molecule has 0 atom stereocenters. The molecular weight excluding hydrogens is 214 g/mol. The molecule has 5 nitrogen and oxygen atoms in total. The quantitative estimate of drug-likeness (QED) is 0.843. The summed E-state index contributed by atoms with van der Waals surface area (Å²) in [6.45, 7) is 7.00. The molecule has 0 fully saturated rings. The maximum atomic E-state index is 4.36. The number of nitrogens with zero attached hydrogens (tertiary/aromatic N) is 3. The van der Waals surface area contributed by atoms with Crippen molar-refractivity contribution in [3.05, 3.63) is 23.9 Å². The molecule has 0 spiro atoms. The number of nitrogens with one attached hydrogen (secondary N) is 2. The topological polar surface area (TPSA) is 58.5 Å². The van der Waals surface area contributed by atoms with E-state index in [0.717, 1.165) is 29.3 Å². The molecule has 0 unspecified atom stereocenters. The van der Waals surface area contributed by atoms with Crippen molar-refractivity contribution in [3.63, 3.8) is 0 Å². The van der Waals surface area contributed by atoms with Crippen LogP contribution in [-0.2, 0) is 13.6 Å². The highest BCUT2D eigenvalue weighted by Gasteiger charge is 2.09. The Hall–Kier alpha value is -1.62. The predicted octanol–water partition coefficient (Wildman–Crippen LogP) is 1.62. The number of H-pyrrole nitrogens is 1. The molecule has 5 heteroatoms. The van der Waals surface area contributed by atoms with Crippen LogP contribution in [0.25, 0.3) is 11.3 Å². The van der Waals surface area contributed by atoms with Crippen LogP contribution >= 0.6 is 0 Å². The lowest BCUT2D eigenvalue weighted by Crippen LogP contribution is -2.22. The first kappa shape index (κ1) is 11.9. The monoisotopic (exact) mass is 233 g/mol. The third-order valence-electron chi connectivity index (χ3n) is 2.61. The van der Waals surface area contributed by atoms with E-state index in [1.54, 1.807) is 0 Å². The van der Waals surface area contributed by atoms with Crippen molar-refractivity contribution in [1.82, 2.24) is 25.1 Å². The summed E-state index contributed by atoms with van der Waals surface area (Å²) in [6, 6.07) is 0.462. The van der Waals surface area contributed by atoms with E-state index in [4.69, 9.17) is 0 Å². The van der Waals surface area contributed by atoms with Crippen molar-refractivity contribution in [2.24, 2.45) is 7.05 Å². The number of rotatable bonds is 4. The van der Waals surface area contributed by atoms with Crippen LogP contribution in [0.15, 0.2) is 12.4 Å². The van der Waals surface area contributed by atoms with Crippen LogP contribution in [0.2, 0.25) is 0 Å². The van der Waals surface area contributed by atoms with Gasteiger partial charge in [0, 0.05) is 24.8 Å². The van der Waals surface area contributed by atoms with Gasteiger partial charge in [-0.05, 0) is 6.92 Å². The highest BCUT2D eigenvalue weighted by Crippen LogP contribution is 2.19. The molecule has 0 saturated heterocycles. The van der Waals surface area contributed by atoms with Gasteiger partial charge in [-0.2, -0.15) is 5.10 Å². The maximum Gasteiger partial charge on any atom is 0.120 e. The van der Waals surface area contributed by atoms with Gasteiger partial charge in [0.05, 0.1) is 24.1 Å². The molecule has 92 valence electrons. The molecule has 17 heavy (non-hydrogen) atoms. The number of imidazole rings is 1. The van der Waals surface area contributed by atoms with Crippen molar-refractivity contribution < 1.29 is 0 Å². The molecule has 0 aliphatic rings. The Morgan fingerprint density at radius 3 is 2.82 bits per heavy atom. The molecule has 2 N–H and O–H groups in total. The molecule has 2 aromatic rings. The minimum absolute atomic E-state index is 0.462. The van der Waals surface area contributed by atoms with Gasteiger partial charge in [-0.15, -0.1) is 0 Å². The number of hydrogen-bond donors (Lipinski definition) is 2. The van der Waals surface area contributed by atoms with E-state index in [-0.39, 0.29) is 0 Å². The lowest BCUT2D eigenvalue weighted by atomic mass is 10.2. The summed E-state index contributed by atoms with van der Waals surface area (Å²) in [5.41, 5.74) is 3.14. The van der Waals surface area contributed by atoms with Gasteiger partial charge < -0.3 is 10.3 Å². The molecule has 0 saturated carbocycles. The van der Waals surface area contributed by atoms with E-state index in [0.29, 0.717) is 6.04 Å². The smallest absolute Gasteiger partial charge is 0.120 e. The Morgan fingerprint density at radius 2 is 2.24 bits per heavy atom. The van der Waals surface area contributed by atoms with Crippen molar-refractivity contribution in [2.45, 2.75) is 33.4 Å². The lowest BCUT2D eigenvalue weighted by Gasteiger charge is -2.04. The number of aromatic amines is 1. The fourth-order valence-electron chi connectivity index (χ4n) is 1.75. The Bertz CT molecular complexity index is 495. The predicted molar refractivity (Wildman–Crippen MR) is 67.5 cm³/mol. The summed E-state index contributed by atoms with van der Waals surface area (Å²) in [4.78, 5) is 7.67. The van der Waals surface area contributed by atoms with Crippen LogP contribution in [0.1, 0.15) is 25.4 Å². The molecule has 0 aromatic carbocycles. The van der Waals surface area contributed by atoms with Gasteiger partial charge in [0.1, 0.15) is 5.82 Å². The first-order valence-corrected chi connectivity index (χ1v) is 5.84. The minimum atomic E-state index is 0.462. The maximum absolute atomic E-state index is 4.36. The summed E-state index contributed by atoms with van der Waals surface area (Å²) in [5.74, 6) is 0.956. The van der Waals surface area contributed by atoms with E-state index in [2.05, 4.69) is 34.2 Å². The minimum Gasteiger partial charge on any atom is -0.341 e. The van der Waals surface area contributed by atoms with Crippen LogP contribution in [0.4, 0.5) is 0 Å². The molecule has 2 aromatic heterocycles. The van der Waals surface area contributed by atoms with Crippen molar-refractivity contribution in [3.8, 4) is 11.3 Å². The summed E-state index contributed by atoms with van der Waals surface area (Å²) in [7, 11) is 1.92. The normalized spacial score (nSPS) is 11.4. The fraction of sp³-hybridized carbons (Fsp3) is 0.500. The zero-order valence-corrected chi connectivity index (χ0v) is 10.8. The second-order valence-corrected chi connectivity index (χ2v) is 4.58.